The molecule has 0 saturated heterocycles. The van der Waals surface area contributed by atoms with Gasteiger partial charge in [-0.05, 0) is 24.6 Å². The predicted octanol–water partition coefficient (Wildman–Crippen LogP) is 0.926. The molecule has 0 aliphatic heterocycles. The van der Waals surface area contributed by atoms with Crippen molar-refractivity contribution in [1.29, 1.82) is 0 Å². The second-order valence-electron chi connectivity index (χ2n) is 3.11. The van der Waals surface area contributed by atoms with E-state index in [4.69, 9.17) is 11.6 Å². The minimum Gasteiger partial charge on any atom is -0.348 e. The van der Waals surface area contributed by atoms with Crippen LogP contribution in [0.3, 0.4) is 0 Å². The molecule has 2 N–H and O–H groups in total. The maximum Gasteiger partial charge on any atom is 0.329 e. The number of nitrogens with one attached hydrogen (secondary N) is 2. The summed E-state index contributed by atoms with van der Waals surface area (Å²) in [6, 6.07) is 6.94. The summed E-state index contributed by atoms with van der Waals surface area (Å²) in [5.74, 6) is -1.51. The summed E-state index contributed by atoms with van der Waals surface area (Å²) in [6.07, 6.45) is 1.41. The van der Waals surface area contributed by atoms with E-state index < -0.39 is 11.8 Å². The minimum atomic E-state index is -0.801. The van der Waals surface area contributed by atoms with Crippen LogP contribution in [-0.4, -0.2) is 24.6 Å². The lowest BCUT2D eigenvalue weighted by Crippen LogP contribution is -2.37. The zero-order valence-electron chi connectivity index (χ0n) is 9.24. The van der Waals surface area contributed by atoms with Gasteiger partial charge >= 0.3 is 11.8 Å². The number of rotatable bonds is 3. The maximum absolute atomic E-state index is 11.1. The van der Waals surface area contributed by atoms with Crippen LogP contribution in [0.4, 0.5) is 0 Å². The first-order chi connectivity index (χ1) is 8.13. The lowest BCUT2D eigenvalue weighted by Gasteiger charge is -1.99. The highest BCUT2D eigenvalue weighted by Crippen LogP contribution is 2.08. The van der Waals surface area contributed by atoms with E-state index in [2.05, 4.69) is 15.8 Å². The smallest absolute Gasteiger partial charge is 0.329 e. The molecule has 0 aliphatic rings. The van der Waals surface area contributed by atoms with Crippen molar-refractivity contribution in [3.63, 3.8) is 0 Å². The number of carbonyl (C=O) groups is 2. The molecule has 0 fully saturated rings. The van der Waals surface area contributed by atoms with Crippen molar-refractivity contribution in [2.75, 3.05) is 6.54 Å². The summed E-state index contributed by atoms with van der Waals surface area (Å²) in [4.78, 5) is 22.1. The van der Waals surface area contributed by atoms with Crippen molar-refractivity contribution in [3.05, 3.63) is 34.9 Å². The molecule has 6 heteroatoms. The summed E-state index contributed by atoms with van der Waals surface area (Å²) >= 11 is 5.76. The number of hydrogen-bond donors (Lipinski definition) is 2. The van der Waals surface area contributed by atoms with E-state index >= 15 is 0 Å². The standard InChI is InChI=1S/C11H12ClN3O2/c1-2-13-10(16)11(17)15-14-7-8-4-3-5-9(12)6-8/h3-7H,2H2,1H3,(H,13,16)(H,15,17)/b14-7-. The van der Waals surface area contributed by atoms with Crippen LogP contribution in [0.25, 0.3) is 0 Å². The Labute approximate surface area is 104 Å². The van der Waals surface area contributed by atoms with Gasteiger partial charge in [-0.25, -0.2) is 5.43 Å². The normalized spacial score (nSPS) is 10.2. The first kappa shape index (κ1) is 13.2. The molecule has 0 radical (unpaired) electrons. The Morgan fingerprint density at radius 2 is 2.18 bits per heavy atom. The highest BCUT2D eigenvalue weighted by molar-refractivity contribution is 6.35. The molecule has 0 heterocycles. The lowest BCUT2D eigenvalue weighted by molar-refractivity contribution is -0.139. The topological polar surface area (TPSA) is 70.6 Å². The highest BCUT2D eigenvalue weighted by Gasteiger charge is 2.09. The van der Waals surface area contributed by atoms with E-state index in [1.165, 1.54) is 6.21 Å². The van der Waals surface area contributed by atoms with Crippen molar-refractivity contribution in [3.8, 4) is 0 Å². The van der Waals surface area contributed by atoms with Gasteiger partial charge in [-0.2, -0.15) is 5.10 Å². The van der Waals surface area contributed by atoms with Crippen LogP contribution in [-0.2, 0) is 9.59 Å². The predicted molar refractivity (Wildman–Crippen MR) is 65.9 cm³/mol. The van der Waals surface area contributed by atoms with Gasteiger partial charge in [0.25, 0.3) is 0 Å². The van der Waals surface area contributed by atoms with Crippen molar-refractivity contribution in [2.24, 2.45) is 5.10 Å². The van der Waals surface area contributed by atoms with Crippen LogP contribution < -0.4 is 10.7 Å². The largest absolute Gasteiger partial charge is 0.348 e. The van der Waals surface area contributed by atoms with E-state index in [1.54, 1.807) is 31.2 Å². The lowest BCUT2D eigenvalue weighted by atomic mass is 10.2. The Balaban J connectivity index is 2.50. The molecule has 1 aromatic carbocycles. The number of likely N-dealkylation sites (N-methyl/N-ethyl adjacent to an activating group) is 1. The zero-order chi connectivity index (χ0) is 12.7. The number of hydrazone groups is 1. The SMILES string of the molecule is CCNC(=O)C(=O)N/N=C\c1cccc(Cl)c1. The Morgan fingerprint density at radius 3 is 2.82 bits per heavy atom. The second kappa shape index (κ2) is 6.65. The van der Waals surface area contributed by atoms with Gasteiger partial charge in [-0.3, -0.25) is 9.59 Å². The van der Waals surface area contributed by atoms with Gasteiger partial charge in [0.2, 0.25) is 0 Å². The molecule has 90 valence electrons. The van der Waals surface area contributed by atoms with Gasteiger partial charge in [-0.15, -0.1) is 0 Å². The van der Waals surface area contributed by atoms with Crippen LogP contribution in [0.5, 0.6) is 0 Å². The Bertz CT molecular complexity index is 446. The Morgan fingerprint density at radius 1 is 1.41 bits per heavy atom. The molecular formula is C11H12ClN3O2. The van der Waals surface area contributed by atoms with Crippen molar-refractivity contribution < 1.29 is 9.59 Å². The molecule has 0 unspecified atom stereocenters. The molecule has 0 bridgehead atoms. The number of amides is 2. The number of carbonyl (C=O) groups excluding carboxylic acids is 2. The van der Waals surface area contributed by atoms with Gasteiger partial charge < -0.3 is 5.32 Å². The molecule has 5 nitrogen and oxygen atoms in total. The monoisotopic (exact) mass is 253 g/mol. The fourth-order valence-electron chi connectivity index (χ4n) is 1.04. The van der Waals surface area contributed by atoms with E-state index in [0.717, 1.165) is 5.56 Å². The summed E-state index contributed by atoms with van der Waals surface area (Å²) in [5, 5.41) is 6.57. The van der Waals surface area contributed by atoms with Crippen molar-refractivity contribution in [1.82, 2.24) is 10.7 Å². The molecule has 1 rings (SSSR count). The fourth-order valence-corrected chi connectivity index (χ4v) is 1.24. The van der Waals surface area contributed by atoms with Crippen LogP contribution in [0.15, 0.2) is 29.4 Å². The first-order valence-electron chi connectivity index (χ1n) is 5.00. The quantitative estimate of drug-likeness (QED) is 0.478. The van der Waals surface area contributed by atoms with Crippen molar-refractivity contribution >= 4 is 29.6 Å². The van der Waals surface area contributed by atoms with E-state index in [9.17, 15) is 9.59 Å². The third-order valence-corrected chi connectivity index (χ3v) is 2.01. The highest BCUT2D eigenvalue weighted by atomic mass is 35.5. The van der Waals surface area contributed by atoms with E-state index in [-0.39, 0.29) is 0 Å². The third-order valence-electron chi connectivity index (χ3n) is 1.77. The maximum atomic E-state index is 11.1. The van der Waals surface area contributed by atoms with Crippen LogP contribution in [0.2, 0.25) is 5.02 Å². The summed E-state index contributed by atoms with van der Waals surface area (Å²) in [6.45, 7) is 2.12. The number of halogens is 1. The van der Waals surface area contributed by atoms with Gasteiger partial charge in [-0.1, -0.05) is 23.7 Å². The number of benzene rings is 1. The third kappa shape index (κ3) is 4.65. The molecule has 0 aromatic heterocycles. The molecule has 0 spiro atoms. The number of hydrogen-bond acceptors (Lipinski definition) is 3. The molecular weight excluding hydrogens is 242 g/mol. The molecule has 2 amide bonds. The summed E-state index contributed by atoms with van der Waals surface area (Å²) in [7, 11) is 0. The van der Waals surface area contributed by atoms with Gasteiger partial charge in [0, 0.05) is 11.6 Å². The second-order valence-corrected chi connectivity index (χ2v) is 3.55. The van der Waals surface area contributed by atoms with Crippen LogP contribution in [0, 0.1) is 0 Å². The van der Waals surface area contributed by atoms with Gasteiger partial charge in [0.05, 0.1) is 6.21 Å². The average molecular weight is 254 g/mol. The molecule has 1 aromatic rings. The van der Waals surface area contributed by atoms with E-state index in [0.29, 0.717) is 11.6 Å². The molecule has 0 saturated carbocycles. The minimum absolute atomic E-state index is 0.393. The van der Waals surface area contributed by atoms with Gasteiger partial charge in [0.15, 0.2) is 0 Å². The Hall–Kier alpha value is -1.88. The molecule has 0 atom stereocenters. The fraction of sp³-hybridized carbons (Fsp3) is 0.182. The summed E-state index contributed by atoms with van der Waals surface area (Å²) < 4.78 is 0. The first-order valence-corrected chi connectivity index (χ1v) is 5.38. The van der Waals surface area contributed by atoms with Crippen molar-refractivity contribution in [2.45, 2.75) is 6.92 Å². The van der Waals surface area contributed by atoms with Crippen LogP contribution in [0.1, 0.15) is 12.5 Å². The van der Waals surface area contributed by atoms with Gasteiger partial charge in [0.1, 0.15) is 0 Å². The Kier molecular flexibility index (Phi) is 5.16. The van der Waals surface area contributed by atoms with Crippen LogP contribution >= 0.6 is 11.6 Å². The summed E-state index contributed by atoms with van der Waals surface area (Å²) in [5.41, 5.74) is 2.84. The zero-order valence-corrected chi connectivity index (χ0v) is 9.99. The van der Waals surface area contributed by atoms with E-state index in [1.807, 2.05) is 0 Å². The molecule has 17 heavy (non-hydrogen) atoms. The number of nitrogens with zero attached hydrogens (tertiary/aromatic N) is 1. The molecule has 0 aliphatic carbocycles. The average Bonchev–Trinajstić information content (AvgIpc) is 2.29.